The molecule has 0 aliphatic carbocycles. The zero-order chi connectivity index (χ0) is 45.6. The second kappa shape index (κ2) is 32.4. The zero-order valence-corrected chi connectivity index (χ0v) is 40.6. The van der Waals surface area contributed by atoms with Crippen LogP contribution in [0.3, 0.4) is 0 Å². The number of hydrogen-bond donors (Lipinski definition) is 2. The highest BCUT2D eigenvalue weighted by Gasteiger charge is 2.08. The second-order valence-corrected chi connectivity index (χ2v) is 18.1. The largest absolute Gasteiger partial charge is 0.870 e. The van der Waals surface area contributed by atoms with Crippen LogP contribution in [0.5, 0.6) is 11.5 Å². The number of hydrogen-bond acceptors (Lipinski definition) is 3. The predicted octanol–water partition coefficient (Wildman–Crippen LogP) is 17.2. The van der Waals surface area contributed by atoms with Crippen LogP contribution < -0.4 is 5.11 Å². The summed E-state index contributed by atoms with van der Waals surface area (Å²) in [5.74, 6) is -2.18. The molecule has 1 aromatic carbocycles. The van der Waals surface area contributed by atoms with Gasteiger partial charge in [0.1, 0.15) is 5.75 Å². The van der Waals surface area contributed by atoms with Crippen LogP contribution in [0.15, 0.2) is 129 Å². The molecule has 0 radical (unpaired) electrons. The van der Waals surface area contributed by atoms with Crippen LogP contribution >= 0.6 is 0 Å². The number of phenols is 1. The van der Waals surface area contributed by atoms with Crippen molar-refractivity contribution >= 4 is 5.97 Å². The van der Waals surface area contributed by atoms with Crippen molar-refractivity contribution in [2.75, 3.05) is 0 Å². The van der Waals surface area contributed by atoms with Gasteiger partial charge < -0.3 is 15.3 Å². The van der Waals surface area contributed by atoms with Gasteiger partial charge in [-0.3, -0.25) is 0 Å². The van der Waals surface area contributed by atoms with Crippen molar-refractivity contribution in [3.8, 4) is 11.5 Å². The molecule has 0 aliphatic heterocycles. The van der Waals surface area contributed by atoms with Gasteiger partial charge in [-0.2, -0.15) is 0 Å². The van der Waals surface area contributed by atoms with Crippen LogP contribution in [0, 0.1) is 0 Å². The molecule has 0 heterocycles. The van der Waals surface area contributed by atoms with Gasteiger partial charge in [0.25, 0.3) is 0 Å². The summed E-state index contributed by atoms with van der Waals surface area (Å²) in [7, 11) is 0. The lowest BCUT2D eigenvalue weighted by molar-refractivity contribution is -0.271. The highest BCUT2D eigenvalue weighted by Crippen LogP contribution is 2.29. The van der Waals surface area contributed by atoms with Crippen molar-refractivity contribution in [1.82, 2.24) is 0 Å². The Morgan fingerprint density at radius 3 is 0.918 bits per heavy atom. The Bertz CT molecular complexity index is 1810. The number of carboxylic acids is 1. The molecule has 61 heavy (non-hydrogen) atoms. The Morgan fingerprint density at radius 1 is 0.426 bits per heavy atom. The first-order valence-corrected chi connectivity index (χ1v) is 23.3. The Balaban J connectivity index is 2.28. The third-order valence-electron chi connectivity index (χ3n) is 11.4. The third kappa shape index (κ3) is 28.8. The quantitative estimate of drug-likeness (QED) is 0.0757. The molecule has 0 unspecified atom stereocenters. The number of aromatic carboxylic acids is 1. The van der Waals surface area contributed by atoms with Crippen LogP contribution in [0.4, 0.5) is 0 Å². The average Bonchev–Trinajstić information content (AvgIpc) is 3.18. The van der Waals surface area contributed by atoms with E-state index in [1.165, 1.54) is 69.1 Å². The number of phenolic OH excluding ortho intramolecular Hbond substituents is 1. The summed E-state index contributed by atoms with van der Waals surface area (Å²) in [6, 6.07) is 2.36. The summed E-state index contributed by atoms with van der Waals surface area (Å²) in [6.45, 7) is 24.5. The average molecular weight is 834 g/mol. The Labute approximate surface area is 374 Å². The summed E-state index contributed by atoms with van der Waals surface area (Å²) >= 11 is 0. The third-order valence-corrected chi connectivity index (χ3v) is 11.4. The molecule has 0 bridgehead atoms. The molecule has 0 atom stereocenters. The Morgan fingerprint density at radius 2 is 0.672 bits per heavy atom. The first kappa shape index (κ1) is 54.7. The van der Waals surface area contributed by atoms with Gasteiger partial charge in [0.05, 0.1) is 5.56 Å². The van der Waals surface area contributed by atoms with E-state index in [4.69, 9.17) is 0 Å². The van der Waals surface area contributed by atoms with E-state index in [1.54, 1.807) is 0 Å². The van der Waals surface area contributed by atoms with E-state index in [0.717, 1.165) is 114 Å². The number of allylic oxidation sites excluding steroid dienone is 20. The minimum Gasteiger partial charge on any atom is -0.870 e. The van der Waals surface area contributed by atoms with Gasteiger partial charge in [-0.15, -0.1) is 0 Å². The molecule has 0 spiro atoms. The van der Waals surface area contributed by atoms with Crippen LogP contribution in [-0.2, 0) is 6.42 Å². The maximum Gasteiger partial charge on any atom is 0.335 e. The van der Waals surface area contributed by atoms with Crippen molar-refractivity contribution in [3.05, 3.63) is 140 Å². The van der Waals surface area contributed by atoms with E-state index >= 15 is 0 Å². The van der Waals surface area contributed by atoms with Crippen LogP contribution in [-0.4, -0.2) is 16.2 Å². The molecule has 2 N–H and O–H groups in total. The summed E-state index contributed by atoms with van der Waals surface area (Å²) in [4.78, 5) is 11.3. The van der Waals surface area contributed by atoms with Crippen LogP contribution in [0.2, 0.25) is 0 Å². The molecule has 4 heteroatoms. The summed E-state index contributed by atoms with van der Waals surface area (Å²) in [6.07, 6.45) is 43.7. The molecule has 0 aliphatic rings. The summed E-state index contributed by atoms with van der Waals surface area (Å²) in [5, 5.41) is 31.2. The standard InChI is InChI=1S/C57H86O4/c1-43(2)21-12-22-44(3)23-13-24-45(4)25-14-26-46(5)27-15-28-47(6)29-16-30-48(7)31-17-32-49(8)33-18-34-50(9)35-19-36-51(10)37-20-38-52(11)39-40-53-41-54(57(60)61)42-55(58)56(53)59/h21,23,25,27,29,31,33,35,37,39,41-42,58-59H,12-20,22,24,26,28,30,32,34,36,38,40H2,1-11H3,(H,60,61)/p-1/b44-23+,45-25+,46-27+,47-29+,48-31+,49-33+,50-35+,51-37+,52-39+. The van der Waals surface area contributed by atoms with E-state index in [0.29, 0.717) is 12.0 Å². The lowest BCUT2D eigenvalue weighted by Crippen LogP contribution is -2.02. The van der Waals surface area contributed by atoms with Crippen molar-refractivity contribution < 1.29 is 20.1 Å². The van der Waals surface area contributed by atoms with Gasteiger partial charge in [0.15, 0.2) is 0 Å². The molecule has 0 aromatic heterocycles. The number of carbonyl (C=O) groups is 1. The summed E-state index contributed by atoms with van der Waals surface area (Å²) in [5.41, 5.74) is 14.6. The molecular weight excluding hydrogens is 749 g/mol. The maximum absolute atomic E-state index is 12.2. The molecule has 338 valence electrons. The first-order valence-electron chi connectivity index (χ1n) is 23.3. The van der Waals surface area contributed by atoms with E-state index in [2.05, 4.69) is 124 Å². The minimum atomic E-state index is -1.16. The molecule has 0 saturated carbocycles. The highest BCUT2D eigenvalue weighted by molar-refractivity contribution is 5.89. The fourth-order valence-electron chi connectivity index (χ4n) is 7.11. The van der Waals surface area contributed by atoms with Crippen molar-refractivity contribution in [2.45, 2.75) is 198 Å². The van der Waals surface area contributed by atoms with Gasteiger partial charge in [0.2, 0.25) is 0 Å². The van der Waals surface area contributed by atoms with Gasteiger partial charge in [-0.05, 0) is 216 Å². The molecule has 4 nitrogen and oxygen atoms in total. The second-order valence-electron chi connectivity index (χ2n) is 18.1. The van der Waals surface area contributed by atoms with Gasteiger partial charge >= 0.3 is 5.97 Å². The smallest absolute Gasteiger partial charge is 0.335 e. The molecule has 0 saturated heterocycles. The molecule has 0 amide bonds. The maximum atomic E-state index is 12.2. The normalized spacial score (nSPS) is 14.2. The predicted molar refractivity (Wildman–Crippen MR) is 265 cm³/mol. The summed E-state index contributed by atoms with van der Waals surface area (Å²) < 4.78 is 0. The number of carboxylic acid groups (broad SMARTS) is 1. The fraction of sp³-hybridized carbons (Fsp3) is 0.526. The zero-order valence-electron chi connectivity index (χ0n) is 40.6. The lowest BCUT2D eigenvalue weighted by Gasteiger charge is -2.15. The van der Waals surface area contributed by atoms with Gasteiger partial charge in [-0.25, -0.2) is 4.79 Å². The number of benzene rings is 1. The first-order chi connectivity index (χ1) is 29.0. The monoisotopic (exact) mass is 834 g/mol. The van der Waals surface area contributed by atoms with E-state index in [9.17, 15) is 20.1 Å². The van der Waals surface area contributed by atoms with E-state index in [-0.39, 0.29) is 5.56 Å². The fourth-order valence-corrected chi connectivity index (χ4v) is 7.11. The molecule has 1 aromatic rings. The minimum absolute atomic E-state index is 0.0724. The molecular formula is C57H85O4-. The number of aromatic hydroxyl groups is 1. The molecule has 1 rings (SSSR count). The molecule has 0 fully saturated rings. The van der Waals surface area contributed by atoms with Crippen molar-refractivity contribution in [1.29, 1.82) is 0 Å². The van der Waals surface area contributed by atoms with E-state index in [1.807, 2.05) is 13.0 Å². The Kier molecular flexibility index (Phi) is 29.1. The highest BCUT2D eigenvalue weighted by atomic mass is 16.4. The number of rotatable bonds is 30. The SMILES string of the molecule is CC(C)=CCC/C(C)=C/CC/C(C)=C/CC/C(C)=C/CC/C(C)=C/CC/C(C)=C/CC/C(C)=C/CC/C(C)=C/CC/C(C)=C/CC/C(C)=C/Cc1cc(C(=O)O)cc(O)c1[O-]. The van der Waals surface area contributed by atoms with Crippen LogP contribution in [0.25, 0.3) is 0 Å². The van der Waals surface area contributed by atoms with Crippen molar-refractivity contribution in [2.24, 2.45) is 0 Å². The van der Waals surface area contributed by atoms with E-state index < -0.39 is 17.5 Å². The Hall–Kier alpha value is -4.31. The van der Waals surface area contributed by atoms with Gasteiger partial charge in [0, 0.05) is 0 Å². The van der Waals surface area contributed by atoms with Crippen molar-refractivity contribution in [3.63, 3.8) is 0 Å². The topological polar surface area (TPSA) is 80.6 Å². The van der Waals surface area contributed by atoms with Gasteiger partial charge in [-0.1, -0.05) is 122 Å². The van der Waals surface area contributed by atoms with Crippen LogP contribution in [0.1, 0.15) is 208 Å². The lowest BCUT2D eigenvalue weighted by atomic mass is 10.0.